The molecule has 2 rings (SSSR count). The standard InChI is InChI=1S/C13H15ClN2O3/c14-9-4-1-2-5-10(9)15-12(19)16-13(6-3-7-13)8-11(17)18/h1-2,4-5H,3,6-8H2,(H,17,18)(H2,15,16,19). The van der Waals surface area contributed by atoms with Crippen LogP contribution < -0.4 is 10.6 Å². The van der Waals surface area contributed by atoms with Gasteiger partial charge in [-0.15, -0.1) is 0 Å². The molecule has 0 radical (unpaired) electrons. The number of amides is 2. The number of hydrogen-bond donors (Lipinski definition) is 3. The molecule has 1 aromatic rings. The summed E-state index contributed by atoms with van der Waals surface area (Å²) in [4.78, 5) is 22.7. The van der Waals surface area contributed by atoms with Gasteiger partial charge in [0.15, 0.2) is 0 Å². The third-order valence-electron chi connectivity index (χ3n) is 3.30. The van der Waals surface area contributed by atoms with E-state index in [9.17, 15) is 9.59 Å². The fourth-order valence-corrected chi connectivity index (χ4v) is 2.38. The molecule has 1 aliphatic rings. The van der Waals surface area contributed by atoms with Crippen LogP contribution in [0.3, 0.4) is 0 Å². The molecule has 2 amide bonds. The van der Waals surface area contributed by atoms with Gasteiger partial charge in [-0.05, 0) is 31.4 Å². The fraction of sp³-hybridized carbons (Fsp3) is 0.385. The summed E-state index contributed by atoms with van der Waals surface area (Å²) in [5.41, 5.74) is -0.108. The minimum absolute atomic E-state index is 0.0526. The lowest BCUT2D eigenvalue weighted by Crippen LogP contribution is -2.55. The lowest BCUT2D eigenvalue weighted by Gasteiger charge is -2.41. The lowest BCUT2D eigenvalue weighted by molar-refractivity contribution is -0.139. The van der Waals surface area contributed by atoms with Gasteiger partial charge in [-0.2, -0.15) is 0 Å². The van der Waals surface area contributed by atoms with E-state index in [0.29, 0.717) is 23.6 Å². The number of para-hydroxylation sites is 1. The van der Waals surface area contributed by atoms with Gasteiger partial charge >= 0.3 is 12.0 Å². The minimum Gasteiger partial charge on any atom is -0.481 e. The molecule has 1 saturated carbocycles. The maximum atomic E-state index is 11.9. The predicted molar refractivity (Wildman–Crippen MR) is 72.4 cm³/mol. The Morgan fingerprint density at radius 2 is 2.00 bits per heavy atom. The number of halogens is 1. The summed E-state index contributed by atoms with van der Waals surface area (Å²) in [5, 5.41) is 14.7. The highest BCUT2D eigenvalue weighted by atomic mass is 35.5. The van der Waals surface area contributed by atoms with Crippen LogP contribution in [0.4, 0.5) is 10.5 Å². The topological polar surface area (TPSA) is 78.4 Å². The number of urea groups is 1. The van der Waals surface area contributed by atoms with Crippen molar-refractivity contribution in [3.63, 3.8) is 0 Å². The molecule has 0 saturated heterocycles. The molecule has 0 spiro atoms. The Kier molecular flexibility index (Phi) is 3.95. The second-order valence-corrected chi connectivity index (χ2v) is 5.17. The summed E-state index contributed by atoms with van der Waals surface area (Å²) >= 11 is 5.94. The van der Waals surface area contributed by atoms with Crippen LogP contribution in [-0.4, -0.2) is 22.6 Å². The predicted octanol–water partition coefficient (Wildman–Crippen LogP) is 2.86. The van der Waals surface area contributed by atoms with Gasteiger partial charge in [0.1, 0.15) is 0 Å². The molecule has 1 aliphatic carbocycles. The highest BCUT2D eigenvalue weighted by Gasteiger charge is 2.40. The Morgan fingerprint density at radius 1 is 1.32 bits per heavy atom. The molecular formula is C13H15ClN2O3. The van der Waals surface area contributed by atoms with Gasteiger partial charge in [-0.25, -0.2) is 4.79 Å². The summed E-state index contributed by atoms with van der Waals surface area (Å²) in [6.07, 6.45) is 2.26. The Bertz CT molecular complexity index is 500. The normalized spacial score (nSPS) is 16.3. The van der Waals surface area contributed by atoms with Crippen molar-refractivity contribution >= 4 is 29.3 Å². The van der Waals surface area contributed by atoms with Crippen molar-refractivity contribution < 1.29 is 14.7 Å². The summed E-state index contributed by atoms with van der Waals surface area (Å²) in [6.45, 7) is 0. The van der Waals surface area contributed by atoms with Crippen molar-refractivity contribution in [2.45, 2.75) is 31.2 Å². The van der Waals surface area contributed by atoms with E-state index in [1.54, 1.807) is 24.3 Å². The first-order valence-electron chi connectivity index (χ1n) is 6.06. The largest absolute Gasteiger partial charge is 0.481 e. The fourth-order valence-electron chi connectivity index (χ4n) is 2.20. The van der Waals surface area contributed by atoms with Crippen LogP contribution in [0.5, 0.6) is 0 Å². The molecule has 0 aromatic heterocycles. The third-order valence-corrected chi connectivity index (χ3v) is 3.63. The number of carboxylic acids is 1. The average Bonchev–Trinajstić information content (AvgIpc) is 2.28. The molecule has 1 aromatic carbocycles. The van der Waals surface area contributed by atoms with Crippen LogP contribution in [0.25, 0.3) is 0 Å². The molecule has 0 aliphatic heterocycles. The second kappa shape index (κ2) is 5.48. The number of benzene rings is 1. The molecule has 3 N–H and O–H groups in total. The Hall–Kier alpha value is -1.75. The number of carboxylic acid groups (broad SMARTS) is 1. The van der Waals surface area contributed by atoms with E-state index < -0.39 is 17.5 Å². The highest BCUT2D eigenvalue weighted by molar-refractivity contribution is 6.33. The van der Waals surface area contributed by atoms with Gasteiger partial charge in [-0.3, -0.25) is 4.79 Å². The maximum Gasteiger partial charge on any atom is 0.319 e. The van der Waals surface area contributed by atoms with Crippen molar-refractivity contribution in [2.75, 3.05) is 5.32 Å². The lowest BCUT2D eigenvalue weighted by atomic mass is 9.74. The first-order valence-corrected chi connectivity index (χ1v) is 6.44. The van der Waals surface area contributed by atoms with Gasteiger partial charge in [0.2, 0.25) is 0 Å². The van der Waals surface area contributed by atoms with Crippen LogP contribution >= 0.6 is 11.6 Å². The highest BCUT2D eigenvalue weighted by Crippen LogP contribution is 2.35. The van der Waals surface area contributed by atoms with Crippen LogP contribution in [0.2, 0.25) is 5.02 Å². The van der Waals surface area contributed by atoms with Crippen molar-refractivity contribution in [3.05, 3.63) is 29.3 Å². The summed E-state index contributed by atoms with van der Waals surface area (Å²) in [5.74, 6) is -0.905. The molecule has 0 bridgehead atoms. The Morgan fingerprint density at radius 3 is 2.53 bits per heavy atom. The third kappa shape index (κ3) is 3.38. The molecule has 5 nitrogen and oxygen atoms in total. The van der Waals surface area contributed by atoms with E-state index in [0.717, 1.165) is 6.42 Å². The minimum atomic E-state index is -0.905. The summed E-state index contributed by atoms with van der Waals surface area (Å²) in [7, 11) is 0. The zero-order valence-electron chi connectivity index (χ0n) is 10.3. The quantitative estimate of drug-likeness (QED) is 0.794. The van der Waals surface area contributed by atoms with Gasteiger partial charge < -0.3 is 15.7 Å². The van der Waals surface area contributed by atoms with Gasteiger partial charge in [0, 0.05) is 0 Å². The molecule has 6 heteroatoms. The average molecular weight is 283 g/mol. The van der Waals surface area contributed by atoms with Gasteiger partial charge in [-0.1, -0.05) is 23.7 Å². The monoisotopic (exact) mass is 282 g/mol. The number of rotatable bonds is 4. The summed E-state index contributed by atoms with van der Waals surface area (Å²) in [6, 6.07) is 6.47. The number of carbonyl (C=O) groups excluding carboxylic acids is 1. The van der Waals surface area contributed by atoms with E-state index >= 15 is 0 Å². The van der Waals surface area contributed by atoms with Crippen molar-refractivity contribution in [2.24, 2.45) is 0 Å². The molecule has 0 heterocycles. The molecular weight excluding hydrogens is 268 g/mol. The van der Waals surface area contributed by atoms with Crippen LogP contribution in [0.15, 0.2) is 24.3 Å². The molecule has 1 fully saturated rings. The molecule has 19 heavy (non-hydrogen) atoms. The van der Waals surface area contributed by atoms with Crippen LogP contribution in [0.1, 0.15) is 25.7 Å². The SMILES string of the molecule is O=C(O)CC1(NC(=O)Nc2ccccc2Cl)CCC1. The number of hydrogen-bond acceptors (Lipinski definition) is 2. The Labute approximate surface area is 116 Å². The van der Waals surface area contributed by atoms with E-state index in [2.05, 4.69) is 10.6 Å². The van der Waals surface area contributed by atoms with E-state index in [-0.39, 0.29) is 6.42 Å². The van der Waals surface area contributed by atoms with Crippen molar-refractivity contribution in [3.8, 4) is 0 Å². The maximum absolute atomic E-state index is 11.9. The Balaban J connectivity index is 1.97. The number of carbonyl (C=O) groups is 2. The zero-order valence-corrected chi connectivity index (χ0v) is 11.0. The van der Waals surface area contributed by atoms with Gasteiger partial charge in [0.25, 0.3) is 0 Å². The van der Waals surface area contributed by atoms with E-state index in [1.165, 1.54) is 0 Å². The first-order chi connectivity index (χ1) is 9.01. The number of nitrogens with one attached hydrogen (secondary N) is 2. The number of anilines is 1. The van der Waals surface area contributed by atoms with Gasteiger partial charge in [0.05, 0.1) is 22.7 Å². The van der Waals surface area contributed by atoms with Crippen molar-refractivity contribution in [1.82, 2.24) is 5.32 Å². The first kappa shape index (κ1) is 13.7. The molecule has 102 valence electrons. The molecule has 0 atom stereocenters. The second-order valence-electron chi connectivity index (χ2n) is 4.76. The number of aliphatic carboxylic acids is 1. The van der Waals surface area contributed by atoms with Crippen molar-refractivity contribution in [1.29, 1.82) is 0 Å². The molecule has 0 unspecified atom stereocenters. The van der Waals surface area contributed by atoms with E-state index in [4.69, 9.17) is 16.7 Å². The zero-order chi connectivity index (χ0) is 13.9. The van der Waals surface area contributed by atoms with Crippen LogP contribution in [0, 0.1) is 0 Å². The van der Waals surface area contributed by atoms with Crippen LogP contribution in [-0.2, 0) is 4.79 Å². The summed E-state index contributed by atoms with van der Waals surface area (Å²) < 4.78 is 0. The van der Waals surface area contributed by atoms with E-state index in [1.807, 2.05) is 0 Å². The smallest absolute Gasteiger partial charge is 0.319 e.